The number of hydrogen-bond acceptors (Lipinski definition) is 4. The molecule has 0 aliphatic carbocycles. The van der Waals surface area contributed by atoms with Gasteiger partial charge in [-0.3, -0.25) is 9.59 Å². The van der Waals surface area contributed by atoms with Gasteiger partial charge in [-0.25, -0.2) is 0 Å². The van der Waals surface area contributed by atoms with E-state index < -0.39 is 11.8 Å². The summed E-state index contributed by atoms with van der Waals surface area (Å²) in [7, 11) is 0. The van der Waals surface area contributed by atoms with Crippen LogP contribution in [0.25, 0.3) is 11.3 Å². The summed E-state index contributed by atoms with van der Waals surface area (Å²) < 4.78 is 5.18. The van der Waals surface area contributed by atoms with Crippen molar-refractivity contribution in [1.29, 1.82) is 0 Å². The molecule has 2 amide bonds. The third-order valence-corrected chi connectivity index (χ3v) is 4.36. The zero-order valence-electron chi connectivity index (χ0n) is 13.5. The second kappa shape index (κ2) is 7.19. The van der Waals surface area contributed by atoms with E-state index in [4.69, 9.17) is 33.5 Å². The lowest BCUT2D eigenvalue weighted by molar-refractivity contribution is 0.100. The third-order valence-electron chi connectivity index (χ3n) is 3.73. The summed E-state index contributed by atoms with van der Waals surface area (Å²) in [6, 6.07) is 11.4. The monoisotopic (exact) mass is 389 g/mol. The molecular formula is C18H13Cl2N3O3. The topological polar surface area (TPSA) is 98.2 Å². The largest absolute Gasteiger partial charge is 0.366 e. The van der Waals surface area contributed by atoms with Crippen molar-refractivity contribution in [1.82, 2.24) is 5.16 Å². The highest BCUT2D eigenvalue weighted by Crippen LogP contribution is 2.37. The van der Waals surface area contributed by atoms with Crippen LogP contribution >= 0.6 is 23.2 Å². The Hall–Kier alpha value is -2.83. The molecule has 26 heavy (non-hydrogen) atoms. The van der Waals surface area contributed by atoms with Gasteiger partial charge in [0.05, 0.1) is 21.3 Å². The number of nitrogens with two attached hydrogens (primary N) is 1. The van der Waals surface area contributed by atoms with Crippen molar-refractivity contribution >= 4 is 40.7 Å². The molecule has 0 saturated heterocycles. The second-order valence-corrected chi connectivity index (χ2v) is 6.24. The molecule has 1 heterocycles. The number of carbonyl (C=O) groups is 2. The molecular weight excluding hydrogens is 377 g/mol. The number of carbonyl (C=O) groups excluding carboxylic acids is 2. The number of nitrogens with zero attached hydrogens (tertiary/aromatic N) is 1. The minimum absolute atomic E-state index is 0.166. The molecule has 3 N–H and O–H groups in total. The van der Waals surface area contributed by atoms with Crippen LogP contribution in [-0.4, -0.2) is 17.0 Å². The van der Waals surface area contributed by atoms with Crippen molar-refractivity contribution < 1.29 is 14.1 Å². The smallest absolute Gasteiger partial charge is 0.261 e. The van der Waals surface area contributed by atoms with E-state index in [2.05, 4.69) is 10.5 Å². The van der Waals surface area contributed by atoms with Crippen molar-refractivity contribution in [3.63, 3.8) is 0 Å². The molecule has 0 atom stereocenters. The van der Waals surface area contributed by atoms with Crippen LogP contribution in [0.3, 0.4) is 0 Å². The fraction of sp³-hybridized carbons (Fsp3) is 0.0556. The summed E-state index contributed by atoms with van der Waals surface area (Å²) >= 11 is 12.4. The molecule has 0 aliphatic heterocycles. The van der Waals surface area contributed by atoms with E-state index in [9.17, 15) is 9.59 Å². The number of nitrogens with one attached hydrogen (secondary N) is 1. The molecule has 0 bridgehead atoms. The zero-order chi connectivity index (χ0) is 18.8. The maximum Gasteiger partial charge on any atom is 0.261 e. The zero-order valence-corrected chi connectivity index (χ0v) is 15.1. The van der Waals surface area contributed by atoms with Crippen molar-refractivity contribution in [3.8, 4) is 11.3 Å². The quantitative estimate of drug-likeness (QED) is 0.694. The second-order valence-electron chi connectivity index (χ2n) is 5.42. The van der Waals surface area contributed by atoms with Crippen LogP contribution in [0.4, 0.5) is 5.69 Å². The molecule has 3 rings (SSSR count). The molecule has 0 radical (unpaired) electrons. The Balaban J connectivity index is 2.05. The van der Waals surface area contributed by atoms with E-state index in [1.807, 2.05) is 0 Å². The van der Waals surface area contributed by atoms with E-state index in [1.165, 1.54) is 6.07 Å². The van der Waals surface area contributed by atoms with Gasteiger partial charge in [0.15, 0.2) is 0 Å². The number of hydrogen-bond donors (Lipinski definition) is 2. The maximum absolute atomic E-state index is 12.8. The van der Waals surface area contributed by atoms with E-state index >= 15 is 0 Å². The van der Waals surface area contributed by atoms with Gasteiger partial charge in [0.25, 0.3) is 11.8 Å². The first-order valence-electron chi connectivity index (χ1n) is 7.51. The van der Waals surface area contributed by atoms with Gasteiger partial charge in [0.1, 0.15) is 17.0 Å². The number of aromatic nitrogens is 1. The number of rotatable bonds is 4. The average molecular weight is 390 g/mol. The molecule has 0 fully saturated rings. The number of halogens is 2. The highest BCUT2D eigenvalue weighted by Gasteiger charge is 2.25. The molecule has 2 aromatic carbocycles. The molecule has 0 saturated carbocycles. The van der Waals surface area contributed by atoms with Gasteiger partial charge in [0, 0.05) is 5.56 Å². The van der Waals surface area contributed by atoms with Gasteiger partial charge >= 0.3 is 0 Å². The SMILES string of the molecule is Cc1onc(-c2c(Cl)cccc2Cl)c1C(=O)Nc1ccccc1C(N)=O. The summed E-state index contributed by atoms with van der Waals surface area (Å²) in [5.74, 6) is -0.897. The van der Waals surface area contributed by atoms with Gasteiger partial charge in [-0.05, 0) is 31.2 Å². The number of amides is 2. The van der Waals surface area contributed by atoms with Crippen LogP contribution in [0.5, 0.6) is 0 Å². The van der Waals surface area contributed by atoms with Crippen LogP contribution in [0.1, 0.15) is 26.5 Å². The van der Waals surface area contributed by atoms with Crippen molar-refractivity contribution in [2.24, 2.45) is 5.73 Å². The van der Waals surface area contributed by atoms with Gasteiger partial charge in [-0.2, -0.15) is 0 Å². The third kappa shape index (κ3) is 3.29. The predicted molar refractivity (Wildman–Crippen MR) is 99.6 cm³/mol. The molecule has 3 aromatic rings. The summed E-state index contributed by atoms with van der Waals surface area (Å²) in [6.07, 6.45) is 0. The lowest BCUT2D eigenvalue weighted by Crippen LogP contribution is -2.19. The first-order chi connectivity index (χ1) is 12.4. The number of primary amides is 1. The minimum Gasteiger partial charge on any atom is -0.366 e. The number of anilines is 1. The number of benzene rings is 2. The first kappa shape index (κ1) is 18.0. The summed E-state index contributed by atoms with van der Waals surface area (Å²) in [4.78, 5) is 24.4. The Morgan fingerprint density at radius 3 is 2.38 bits per heavy atom. The van der Waals surface area contributed by atoms with E-state index in [0.29, 0.717) is 15.6 Å². The molecule has 1 aromatic heterocycles. The molecule has 0 spiro atoms. The van der Waals surface area contributed by atoms with Crippen LogP contribution < -0.4 is 11.1 Å². The van der Waals surface area contributed by atoms with Crippen LogP contribution in [0.15, 0.2) is 47.0 Å². The van der Waals surface area contributed by atoms with Crippen LogP contribution in [-0.2, 0) is 0 Å². The Morgan fingerprint density at radius 1 is 1.08 bits per heavy atom. The Bertz CT molecular complexity index is 994. The van der Waals surface area contributed by atoms with E-state index in [-0.39, 0.29) is 28.3 Å². The lowest BCUT2D eigenvalue weighted by atomic mass is 10.0. The number of para-hydroxylation sites is 1. The summed E-state index contributed by atoms with van der Waals surface area (Å²) in [6.45, 7) is 1.59. The minimum atomic E-state index is -0.655. The Morgan fingerprint density at radius 2 is 1.73 bits per heavy atom. The van der Waals surface area contributed by atoms with Gasteiger partial charge in [0.2, 0.25) is 0 Å². The Labute approximate surface area is 158 Å². The first-order valence-corrected chi connectivity index (χ1v) is 8.26. The molecule has 0 unspecified atom stereocenters. The average Bonchev–Trinajstić information content (AvgIpc) is 2.96. The Kier molecular flexibility index (Phi) is 4.97. The summed E-state index contributed by atoms with van der Waals surface area (Å²) in [5.41, 5.74) is 6.58. The maximum atomic E-state index is 12.8. The van der Waals surface area contributed by atoms with Crippen molar-refractivity contribution in [3.05, 3.63) is 69.4 Å². The predicted octanol–water partition coefficient (Wildman–Crippen LogP) is 4.31. The summed E-state index contributed by atoms with van der Waals surface area (Å²) in [5, 5.41) is 7.25. The highest BCUT2D eigenvalue weighted by molar-refractivity contribution is 6.39. The van der Waals surface area contributed by atoms with E-state index in [0.717, 1.165) is 0 Å². The van der Waals surface area contributed by atoms with Crippen LogP contribution in [0.2, 0.25) is 10.0 Å². The normalized spacial score (nSPS) is 10.6. The standard InChI is InChI=1S/C18H13Cl2N3O3/c1-9-14(16(23-26-9)15-11(19)6-4-7-12(15)20)18(25)22-13-8-3-2-5-10(13)17(21)24/h2-8H,1H3,(H2,21,24)(H,22,25). The molecule has 132 valence electrons. The van der Waals surface area contributed by atoms with Crippen molar-refractivity contribution in [2.45, 2.75) is 6.92 Å². The number of aryl methyl sites for hydroxylation is 1. The lowest BCUT2D eigenvalue weighted by Gasteiger charge is -2.10. The van der Waals surface area contributed by atoms with Crippen molar-refractivity contribution in [2.75, 3.05) is 5.32 Å². The molecule has 8 heteroatoms. The van der Waals surface area contributed by atoms with Gasteiger partial charge in [-0.15, -0.1) is 0 Å². The fourth-order valence-electron chi connectivity index (χ4n) is 2.53. The highest BCUT2D eigenvalue weighted by atomic mass is 35.5. The molecule has 0 aliphatic rings. The van der Waals surface area contributed by atoms with E-state index in [1.54, 1.807) is 43.3 Å². The van der Waals surface area contributed by atoms with Gasteiger partial charge < -0.3 is 15.6 Å². The fourth-order valence-corrected chi connectivity index (χ4v) is 3.10. The van der Waals surface area contributed by atoms with Crippen LogP contribution in [0, 0.1) is 6.92 Å². The van der Waals surface area contributed by atoms with Gasteiger partial charge in [-0.1, -0.05) is 46.6 Å². The molecule has 6 nitrogen and oxygen atoms in total.